The Balaban J connectivity index is 1.67. The van der Waals surface area contributed by atoms with Gasteiger partial charge < -0.3 is 20.3 Å². The van der Waals surface area contributed by atoms with Gasteiger partial charge in [-0.05, 0) is 25.7 Å². The molecule has 0 saturated carbocycles. The molecule has 3 amide bonds. The monoisotopic (exact) mass is 311 g/mol. The van der Waals surface area contributed by atoms with Crippen LogP contribution in [0.5, 0.6) is 0 Å². The molecule has 2 aliphatic rings. The molecule has 2 fully saturated rings. The summed E-state index contributed by atoms with van der Waals surface area (Å²) in [6.45, 7) is 3.70. The minimum absolute atomic E-state index is 0.0599. The predicted molar refractivity (Wildman–Crippen MR) is 80.2 cm³/mol. The van der Waals surface area contributed by atoms with E-state index in [0.717, 1.165) is 25.7 Å². The van der Waals surface area contributed by atoms with E-state index >= 15 is 0 Å². The minimum Gasteiger partial charge on any atom is -0.449 e. The van der Waals surface area contributed by atoms with Gasteiger partial charge in [-0.15, -0.1) is 0 Å². The number of carbonyl (C=O) groups is 3. The summed E-state index contributed by atoms with van der Waals surface area (Å²) in [4.78, 5) is 36.7. The van der Waals surface area contributed by atoms with Gasteiger partial charge in [0.25, 0.3) is 0 Å². The smallest absolute Gasteiger partial charge is 0.409 e. The van der Waals surface area contributed by atoms with Crippen LogP contribution in [-0.2, 0) is 14.3 Å². The van der Waals surface area contributed by atoms with Crippen LogP contribution in [0.15, 0.2) is 0 Å². The minimum atomic E-state index is -0.399. The summed E-state index contributed by atoms with van der Waals surface area (Å²) >= 11 is 0. The highest BCUT2D eigenvalue weighted by Gasteiger charge is 2.30. The summed E-state index contributed by atoms with van der Waals surface area (Å²) in [7, 11) is 0. The zero-order chi connectivity index (χ0) is 15.9. The molecule has 2 N–H and O–H groups in total. The van der Waals surface area contributed by atoms with E-state index in [0.29, 0.717) is 32.5 Å². The van der Waals surface area contributed by atoms with Crippen LogP contribution in [0.1, 0.15) is 45.4 Å². The van der Waals surface area contributed by atoms with E-state index in [1.807, 2.05) is 0 Å². The van der Waals surface area contributed by atoms with Gasteiger partial charge in [-0.1, -0.05) is 13.3 Å². The fourth-order valence-corrected chi connectivity index (χ4v) is 2.71. The van der Waals surface area contributed by atoms with Gasteiger partial charge in [0, 0.05) is 25.6 Å². The molecule has 0 aliphatic carbocycles. The number of hydrogen-bond acceptors (Lipinski definition) is 4. The predicted octanol–water partition coefficient (Wildman–Crippen LogP) is 0.782. The lowest BCUT2D eigenvalue weighted by Gasteiger charge is -2.32. The third-order valence-electron chi connectivity index (χ3n) is 4.13. The maximum atomic E-state index is 12.0. The fourth-order valence-electron chi connectivity index (χ4n) is 2.71. The van der Waals surface area contributed by atoms with E-state index in [1.54, 1.807) is 4.90 Å². The second-order valence-corrected chi connectivity index (χ2v) is 5.90. The zero-order valence-corrected chi connectivity index (χ0v) is 13.1. The summed E-state index contributed by atoms with van der Waals surface area (Å²) in [5.74, 6) is -0.181. The van der Waals surface area contributed by atoms with Gasteiger partial charge in [-0.25, -0.2) is 4.79 Å². The number of likely N-dealkylation sites (tertiary alicyclic amines) is 1. The summed E-state index contributed by atoms with van der Waals surface area (Å²) in [5.41, 5.74) is 0. The third kappa shape index (κ3) is 4.61. The van der Waals surface area contributed by atoms with Crippen LogP contribution in [0.25, 0.3) is 0 Å². The molecule has 0 spiro atoms. The zero-order valence-electron chi connectivity index (χ0n) is 13.1. The first-order chi connectivity index (χ1) is 10.6. The van der Waals surface area contributed by atoms with Gasteiger partial charge >= 0.3 is 6.09 Å². The molecule has 7 heteroatoms. The van der Waals surface area contributed by atoms with Crippen molar-refractivity contribution in [2.75, 3.05) is 19.7 Å². The van der Waals surface area contributed by atoms with Crippen LogP contribution >= 0.6 is 0 Å². The Morgan fingerprint density at radius 1 is 1.32 bits per heavy atom. The molecule has 124 valence electrons. The molecule has 7 nitrogen and oxygen atoms in total. The van der Waals surface area contributed by atoms with E-state index in [-0.39, 0.29) is 23.9 Å². The molecule has 1 atom stereocenters. The molecule has 0 radical (unpaired) electrons. The Morgan fingerprint density at radius 2 is 2.05 bits per heavy atom. The molecule has 0 unspecified atom stereocenters. The van der Waals surface area contributed by atoms with Crippen molar-refractivity contribution >= 4 is 17.9 Å². The van der Waals surface area contributed by atoms with Crippen LogP contribution in [0.3, 0.4) is 0 Å². The van der Waals surface area contributed by atoms with Gasteiger partial charge in [0.05, 0.1) is 6.61 Å². The van der Waals surface area contributed by atoms with Crippen molar-refractivity contribution in [2.24, 2.45) is 0 Å². The van der Waals surface area contributed by atoms with Gasteiger partial charge in [0.2, 0.25) is 11.8 Å². The quantitative estimate of drug-likeness (QED) is 0.735. The van der Waals surface area contributed by atoms with Crippen LogP contribution in [0, 0.1) is 0 Å². The van der Waals surface area contributed by atoms with Crippen molar-refractivity contribution in [1.82, 2.24) is 15.5 Å². The van der Waals surface area contributed by atoms with Gasteiger partial charge in [0.15, 0.2) is 0 Å². The molecule has 2 heterocycles. The third-order valence-corrected chi connectivity index (χ3v) is 4.13. The first-order valence-corrected chi connectivity index (χ1v) is 8.11. The lowest BCUT2D eigenvalue weighted by molar-refractivity contribution is -0.126. The summed E-state index contributed by atoms with van der Waals surface area (Å²) in [6.07, 6.45) is 4.03. The van der Waals surface area contributed by atoms with Crippen LogP contribution in [0.4, 0.5) is 4.79 Å². The van der Waals surface area contributed by atoms with Crippen molar-refractivity contribution in [2.45, 2.75) is 57.5 Å². The number of piperidine rings is 1. The van der Waals surface area contributed by atoms with Crippen molar-refractivity contribution in [3.63, 3.8) is 0 Å². The van der Waals surface area contributed by atoms with E-state index in [9.17, 15) is 14.4 Å². The number of ether oxygens (including phenoxy) is 1. The van der Waals surface area contributed by atoms with Crippen LogP contribution in [-0.4, -0.2) is 54.6 Å². The van der Waals surface area contributed by atoms with Crippen molar-refractivity contribution in [1.29, 1.82) is 0 Å². The molecule has 2 saturated heterocycles. The standard InChI is InChI=1S/C15H25N3O4/c1-2-3-10-22-15(21)18-8-6-11(7-9-18)16-14(20)12-4-5-13(19)17-12/h11-12H,2-10H2,1H3,(H,16,20)(H,17,19)/t12-/m0/s1. The second-order valence-electron chi connectivity index (χ2n) is 5.90. The number of unbranched alkanes of at least 4 members (excludes halogenated alkanes) is 1. The highest BCUT2D eigenvalue weighted by Crippen LogP contribution is 2.13. The average Bonchev–Trinajstić information content (AvgIpc) is 2.95. The van der Waals surface area contributed by atoms with Crippen molar-refractivity contribution < 1.29 is 19.1 Å². The Bertz CT molecular complexity index is 419. The van der Waals surface area contributed by atoms with Gasteiger partial charge in [-0.3, -0.25) is 9.59 Å². The molecule has 0 aromatic rings. The van der Waals surface area contributed by atoms with Crippen molar-refractivity contribution in [3.8, 4) is 0 Å². The molecule has 0 aromatic heterocycles. The SMILES string of the molecule is CCCCOC(=O)N1CCC(NC(=O)[C@@H]2CCC(=O)N2)CC1. The first-order valence-electron chi connectivity index (χ1n) is 8.11. The number of amides is 3. The normalized spacial score (nSPS) is 22.3. The molecule has 0 bridgehead atoms. The summed E-state index contributed by atoms with van der Waals surface area (Å²) in [5, 5.41) is 5.62. The second kappa shape index (κ2) is 8.00. The van der Waals surface area contributed by atoms with E-state index in [4.69, 9.17) is 4.74 Å². The molecular formula is C15H25N3O4. The molecule has 22 heavy (non-hydrogen) atoms. The summed E-state index contributed by atoms with van der Waals surface area (Å²) in [6, 6.07) is -0.339. The van der Waals surface area contributed by atoms with E-state index in [1.165, 1.54) is 0 Å². The van der Waals surface area contributed by atoms with Gasteiger partial charge in [-0.2, -0.15) is 0 Å². The average molecular weight is 311 g/mol. The molecule has 0 aromatic carbocycles. The maximum absolute atomic E-state index is 12.0. The summed E-state index contributed by atoms with van der Waals surface area (Å²) < 4.78 is 5.18. The lowest BCUT2D eigenvalue weighted by atomic mass is 10.0. The molecule has 2 aliphatic heterocycles. The Kier molecular flexibility index (Phi) is 6.03. The Hall–Kier alpha value is -1.79. The number of hydrogen-bond donors (Lipinski definition) is 2. The highest BCUT2D eigenvalue weighted by atomic mass is 16.6. The first kappa shape index (κ1) is 16.6. The highest BCUT2D eigenvalue weighted by molar-refractivity contribution is 5.90. The number of carbonyl (C=O) groups excluding carboxylic acids is 3. The van der Waals surface area contributed by atoms with Crippen molar-refractivity contribution in [3.05, 3.63) is 0 Å². The maximum Gasteiger partial charge on any atom is 0.409 e. The number of nitrogens with one attached hydrogen (secondary N) is 2. The topological polar surface area (TPSA) is 87.7 Å². The Labute approximate surface area is 130 Å². The lowest BCUT2D eigenvalue weighted by Crippen LogP contribution is -2.50. The largest absolute Gasteiger partial charge is 0.449 e. The van der Waals surface area contributed by atoms with E-state index < -0.39 is 6.04 Å². The Morgan fingerprint density at radius 3 is 2.64 bits per heavy atom. The van der Waals surface area contributed by atoms with Crippen LogP contribution in [0.2, 0.25) is 0 Å². The molecule has 2 rings (SSSR count). The number of nitrogens with zero attached hydrogens (tertiary/aromatic N) is 1. The van der Waals surface area contributed by atoms with Gasteiger partial charge in [0.1, 0.15) is 6.04 Å². The number of rotatable bonds is 5. The van der Waals surface area contributed by atoms with Crippen LogP contribution < -0.4 is 10.6 Å². The van der Waals surface area contributed by atoms with E-state index in [2.05, 4.69) is 17.6 Å². The fraction of sp³-hybridized carbons (Fsp3) is 0.800. The molecular weight excluding hydrogens is 286 g/mol.